The van der Waals surface area contributed by atoms with Gasteiger partial charge in [0.2, 0.25) is 12.8 Å². The molecule has 0 N–H and O–H groups in total. The summed E-state index contributed by atoms with van der Waals surface area (Å²) in [5.74, 6) is 0.0964. The van der Waals surface area contributed by atoms with Gasteiger partial charge in [0, 0.05) is 31.6 Å². The Balaban J connectivity index is 0.00000272. The zero-order valence-corrected chi connectivity index (χ0v) is 18.9. The Kier molecular flexibility index (Phi) is 7.81. The van der Waals surface area contributed by atoms with Crippen LogP contribution in [0.1, 0.15) is 60.9 Å². The van der Waals surface area contributed by atoms with Gasteiger partial charge in [0.25, 0.3) is 0 Å². The fourth-order valence-electron chi connectivity index (χ4n) is 5.13. The second-order valence-corrected chi connectivity index (χ2v) is 8.78. The molecule has 1 aromatic rings. The molecule has 4 rings (SSSR count). The van der Waals surface area contributed by atoms with E-state index in [0.717, 1.165) is 31.7 Å². The Labute approximate surface area is 189 Å². The SMILES string of the molecule is CN(CCN1CCCCC1)C(=O)C1CCC2(CC1)OC(=O)c1cc(OCF)ccc12.Cl. The van der Waals surface area contributed by atoms with Gasteiger partial charge in [0.15, 0.2) is 0 Å². The van der Waals surface area contributed by atoms with E-state index in [9.17, 15) is 14.0 Å². The van der Waals surface area contributed by atoms with Crippen LogP contribution >= 0.6 is 12.4 Å². The maximum Gasteiger partial charge on any atom is 0.339 e. The number of piperidine rings is 1. The van der Waals surface area contributed by atoms with Crippen LogP contribution in [-0.4, -0.2) is 61.8 Å². The third-order valence-corrected chi connectivity index (χ3v) is 6.93. The number of rotatable bonds is 6. The first-order chi connectivity index (χ1) is 14.5. The lowest BCUT2D eigenvalue weighted by atomic mass is 9.74. The first-order valence-corrected chi connectivity index (χ1v) is 11.1. The number of esters is 1. The molecule has 1 aliphatic carbocycles. The number of likely N-dealkylation sites (N-methyl/N-ethyl adjacent to an activating group) is 1. The zero-order valence-electron chi connectivity index (χ0n) is 18.1. The van der Waals surface area contributed by atoms with E-state index in [-0.39, 0.29) is 24.2 Å². The van der Waals surface area contributed by atoms with Crippen LogP contribution in [-0.2, 0) is 15.1 Å². The molecule has 2 fully saturated rings. The summed E-state index contributed by atoms with van der Waals surface area (Å²) in [7, 11) is 1.90. The molecular formula is C23H32ClFN2O4. The number of carbonyl (C=O) groups excluding carboxylic acids is 2. The van der Waals surface area contributed by atoms with Crippen molar-refractivity contribution >= 4 is 24.3 Å². The van der Waals surface area contributed by atoms with Crippen molar-refractivity contribution in [1.82, 2.24) is 9.80 Å². The van der Waals surface area contributed by atoms with Gasteiger partial charge < -0.3 is 19.3 Å². The van der Waals surface area contributed by atoms with Crippen LogP contribution in [0.5, 0.6) is 5.75 Å². The molecule has 1 saturated heterocycles. The average Bonchev–Trinajstić information content (AvgIpc) is 3.04. The van der Waals surface area contributed by atoms with Crippen molar-refractivity contribution in [3.8, 4) is 5.75 Å². The standard InChI is InChI=1S/C23H31FN2O4.ClH/c1-25(13-14-26-11-3-2-4-12-26)21(27)17-7-9-23(10-8-17)20-6-5-18(29-16-24)15-19(20)22(28)30-23;/h5-6,15,17H,2-4,7-14,16H2,1H3;1H. The molecule has 2 heterocycles. The first kappa shape index (κ1) is 23.8. The van der Waals surface area contributed by atoms with Crippen molar-refractivity contribution in [3.05, 3.63) is 29.3 Å². The monoisotopic (exact) mass is 454 g/mol. The molecule has 6 nitrogen and oxygen atoms in total. The summed E-state index contributed by atoms with van der Waals surface area (Å²) in [5.41, 5.74) is 0.622. The predicted molar refractivity (Wildman–Crippen MR) is 117 cm³/mol. The Morgan fingerprint density at radius 3 is 2.65 bits per heavy atom. The lowest BCUT2D eigenvalue weighted by molar-refractivity contribution is -0.137. The molecule has 1 spiro atoms. The highest BCUT2D eigenvalue weighted by Crippen LogP contribution is 2.49. The van der Waals surface area contributed by atoms with E-state index in [1.165, 1.54) is 19.3 Å². The van der Waals surface area contributed by atoms with E-state index >= 15 is 0 Å². The number of fused-ring (bicyclic) bond motifs is 2. The third-order valence-electron chi connectivity index (χ3n) is 6.93. The molecule has 1 amide bonds. The number of benzene rings is 1. The lowest BCUT2D eigenvalue weighted by Gasteiger charge is -2.37. The molecule has 172 valence electrons. The highest BCUT2D eigenvalue weighted by molar-refractivity contribution is 5.95. The number of carbonyl (C=O) groups is 2. The number of alkyl halides is 1. The van der Waals surface area contributed by atoms with Gasteiger partial charge in [0.1, 0.15) is 11.4 Å². The number of hydrogen-bond donors (Lipinski definition) is 0. The molecule has 2 aliphatic heterocycles. The molecule has 0 atom stereocenters. The largest absolute Gasteiger partial charge is 0.463 e. The summed E-state index contributed by atoms with van der Waals surface area (Å²) in [4.78, 5) is 29.7. The summed E-state index contributed by atoms with van der Waals surface area (Å²) in [5, 5.41) is 0. The summed E-state index contributed by atoms with van der Waals surface area (Å²) < 4.78 is 23.1. The normalized spacial score (nSPS) is 25.5. The van der Waals surface area contributed by atoms with E-state index in [1.807, 2.05) is 11.9 Å². The number of hydrogen-bond acceptors (Lipinski definition) is 5. The van der Waals surface area contributed by atoms with Gasteiger partial charge >= 0.3 is 5.97 Å². The van der Waals surface area contributed by atoms with Gasteiger partial charge in [-0.25, -0.2) is 9.18 Å². The first-order valence-electron chi connectivity index (χ1n) is 11.1. The number of halogens is 2. The van der Waals surface area contributed by atoms with E-state index in [1.54, 1.807) is 18.2 Å². The Bertz CT molecular complexity index is 792. The predicted octanol–water partition coefficient (Wildman–Crippen LogP) is 3.91. The highest BCUT2D eigenvalue weighted by Gasteiger charge is 2.48. The van der Waals surface area contributed by atoms with E-state index in [0.29, 0.717) is 37.0 Å². The van der Waals surface area contributed by atoms with Crippen LogP contribution in [0, 0.1) is 5.92 Å². The molecule has 1 saturated carbocycles. The van der Waals surface area contributed by atoms with E-state index in [4.69, 9.17) is 9.47 Å². The minimum atomic E-state index is -0.936. The quantitative estimate of drug-likeness (QED) is 0.610. The molecule has 0 unspecified atom stereocenters. The van der Waals surface area contributed by atoms with Crippen LogP contribution in [0.15, 0.2) is 18.2 Å². The maximum absolute atomic E-state index is 12.9. The molecular weight excluding hydrogens is 423 g/mol. The second-order valence-electron chi connectivity index (χ2n) is 8.78. The second kappa shape index (κ2) is 10.2. The fraction of sp³-hybridized carbons (Fsp3) is 0.652. The topological polar surface area (TPSA) is 59.1 Å². The Morgan fingerprint density at radius 1 is 1.26 bits per heavy atom. The molecule has 0 radical (unpaired) electrons. The van der Waals surface area contributed by atoms with Gasteiger partial charge in [-0.3, -0.25) is 4.79 Å². The summed E-state index contributed by atoms with van der Waals surface area (Å²) in [6.45, 7) is 3.03. The van der Waals surface area contributed by atoms with Crippen molar-refractivity contribution in [1.29, 1.82) is 0 Å². The minimum absolute atomic E-state index is 0. The van der Waals surface area contributed by atoms with Crippen molar-refractivity contribution in [3.63, 3.8) is 0 Å². The average molecular weight is 455 g/mol. The van der Waals surface area contributed by atoms with E-state index < -0.39 is 18.4 Å². The van der Waals surface area contributed by atoms with Gasteiger partial charge in [-0.1, -0.05) is 12.5 Å². The lowest BCUT2D eigenvalue weighted by Crippen LogP contribution is -2.43. The van der Waals surface area contributed by atoms with Crippen LogP contribution in [0.2, 0.25) is 0 Å². The molecule has 0 bridgehead atoms. The van der Waals surface area contributed by atoms with Crippen LogP contribution < -0.4 is 4.74 Å². The summed E-state index contributed by atoms with van der Waals surface area (Å²) in [6.07, 6.45) is 6.47. The third kappa shape index (κ3) is 4.98. The minimum Gasteiger partial charge on any atom is -0.463 e. The molecule has 8 heteroatoms. The zero-order chi connectivity index (χ0) is 21.1. The number of nitrogens with zero attached hydrogens (tertiary/aromatic N) is 2. The van der Waals surface area contributed by atoms with Gasteiger partial charge in [0.05, 0.1) is 5.56 Å². The molecule has 1 aromatic carbocycles. The molecule has 31 heavy (non-hydrogen) atoms. The summed E-state index contributed by atoms with van der Waals surface area (Å²) in [6, 6.07) is 5.03. The Hall–Kier alpha value is -1.86. The number of ether oxygens (including phenoxy) is 2. The van der Waals surface area contributed by atoms with Crippen LogP contribution in [0.3, 0.4) is 0 Å². The summed E-state index contributed by atoms with van der Waals surface area (Å²) >= 11 is 0. The van der Waals surface area contributed by atoms with Crippen molar-refractivity contribution in [2.45, 2.75) is 50.5 Å². The van der Waals surface area contributed by atoms with Crippen LogP contribution in [0.4, 0.5) is 4.39 Å². The van der Waals surface area contributed by atoms with E-state index in [2.05, 4.69) is 4.90 Å². The fourth-order valence-corrected chi connectivity index (χ4v) is 5.13. The highest BCUT2D eigenvalue weighted by atomic mass is 35.5. The smallest absolute Gasteiger partial charge is 0.339 e. The van der Waals surface area contributed by atoms with Crippen molar-refractivity contribution in [2.24, 2.45) is 5.92 Å². The van der Waals surface area contributed by atoms with Gasteiger partial charge in [-0.15, -0.1) is 12.4 Å². The van der Waals surface area contributed by atoms with Crippen LogP contribution in [0.25, 0.3) is 0 Å². The molecule has 3 aliphatic rings. The maximum atomic E-state index is 12.9. The van der Waals surface area contributed by atoms with Crippen molar-refractivity contribution < 1.29 is 23.5 Å². The van der Waals surface area contributed by atoms with Gasteiger partial charge in [-0.05, 0) is 63.7 Å². The number of amides is 1. The number of likely N-dealkylation sites (tertiary alicyclic amines) is 1. The Morgan fingerprint density at radius 2 is 1.97 bits per heavy atom. The van der Waals surface area contributed by atoms with Gasteiger partial charge in [-0.2, -0.15) is 0 Å². The molecule has 0 aromatic heterocycles. The van der Waals surface area contributed by atoms with Crippen molar-refractivity contribution in [2.75, 3.05) is 40.1 Å².